The van der Waals surface area contributed by atoms with Crippen molar-refractivity contribution >= 4 is 12.2 Å². The maximum absolute atomic E-state index is 13.6. The first-order valence-electron chi connectivity index (χ1n) is 11.1. The molecular weight excluding hydrogens is 431 g/mol. The molecule has 2 aromatic heterocycles. The number of aromatic nitrogens is 5. The zero-order valence-corrected chi connectivity index (χ0v) is 18.9. The fraction of sp³-hybridized carbons (Fsp3) is 0.231. The lowest BCUT2D eigenvalue weighted by Gasteiger charge is -2.23. The first-order valence-corrected chi connectivity index (χ1v) is 11.1. The Morgan fingerprint density at radius 2 is 2.09 bits per heavy atom. The van der Waals surface area contributed by atoms with Gasteiger partial charge in [-0.2, -0.15) is 10.4 Å². The predicted molar refractivity (Wildman–Crippen MR) is 126 cm³/mol. The number of benzene rings is 2. The fourth-order valence-electron chi connectivity index (χ4n) is 4.40. The SMILES string of the molecule is COc1cc(/C=C/c2nc3n(n2)CCCC3c2ccc(F)cc2C#N)ccc1-n1cnc(C)c1. The third-order valence-electron chi connectivity index (χ3n) is 6.02. The number of rotatable bonds is 5. The summed E-state index contributed by atoms with van der Waals surface area (Å²) in [7, 11) is 1.65. The van der Waals surface area contributed by atoms with Crippen LogP contribution in [0.15, 0.2) is 48.9 Å². The summed E-state index contributed by atoms with van der Waals surface area (Å²) >= 11 is 0. The predicted octanol–water partition coefficient (Wildman–Crippen LogP) is 4.89. The second kappa shape index (κ2) is 8.94. The molecule has 2 aromatic carbocycles. The molecule has 0 N–H and O–H groups in total. The molecule has 3 heterocycles. The molecule has 1 unspecified atom stereocenters. The van der Waals surface area contributed by atoms with E-state index in [1.807, 2.05) is 52.7 Å². The van der Waals surface area contributed by atoms with Gasteiger partial charge in [0.1, 0.15) is 17.4 Å². The minimum Gasteiger partial charge on any atom is -0.495 e. The molecule has 4 aromatic rings. The first kappa shape index (κ1) is 21.6. The van der Waals surface area contributed by atoms with Gasteiger partial charge in [0, 0.05) is 18.7 Å². The van der Waals surface area contributed by atoms with Gasteiger partial charge in [0.05, 0.1) is 36.5 Å². The highest BCUT2D eigenvalue weighted by molar-refractivity contribution is 5.69. The minimum absolute atomic E-state index is 0.0864. The maximum Gasteiger partial charge on any atom is 0.174 e. The average molecular weight is 455 g/mol. The Morgan fingerprint density at radius 1 is 1.21 bits per heavy atom. The Morgan fingerprint density at radius 3 is 2.85 bits per heavy atom. The summed E-state index contributed by atoms with van der Waals surface area (Å²) in [5, 5.41) is 14.1. The molecule has 1 aliphatic rings. The van der Waals surface area contributed by atoms with Crippen molar-refractivity contribution in [1.29, 1.82) is 5.26 Å². The van der Waals surface area contributed by atoms with Crippen molar-refractivity contribution < 1.29 is 9.13 Å². The van der Waals surface area contributed by atoms with E-state index in [0.29, 0.717) is 11.4 Å². The molecule has 8 heteroatoms. The smallest absolute Gasteiger partial charge is 0.174 e. The largest absolute Gasteiger partial charge is 0.495 e. The maximum atomic E-state index is 13.6. The molecule has 5 rings (SSSR count). The molecule has 7 nitrogen and oxygen atoms in total. The number of imidazole rings is 1. The molecule has 170 valence electrons. The Bertz CT molecular complexity index is 1430. The number of ether oxygens (including phenoxy) is 1. The first-order chi connectivity index (χ1) is 16.6. The Kier molecular flexibility index (Phi) is 5.68. The van der Waals surface area contributed by atoms with Crippen LogP contribution in [0, 0.1) is 24.1 Å². The summed E-state index contributed by atoms with van der Waals surface area (Å²) in [4.78, 5) is 9.03. The van der Waals surface area contributed by atoms with E-state index in [0.717, 1.165) is 53.5 Å². The van der Waals surface area contributed by atoms with Gasteiger partial charge in [-0.1, -0.05) is 18.2 Å². The Hall–Kier alpha value is -4.25. The summed E-state index contributed by atoms with van der Waals surface area (Å²) < 4.78 is 23.0. The van der Waals surface area contributed by atoms with Crippen molar-refractivity contribution in [1.82, 2.24) is 24.3 Å². The van der Waals surface area contributed by atoms with Gasteiger partial charge in [-0.25, -0.2) is 19.0 Å². The van der Waals surface area contributed by atoms with E-state index in [9.17, 15) is 9.65 Å². The number of halogens is 1. The third-order valence-corrected chi connectivity index (χ3v) is 6.02. The lowest BCUT2D eigenvalue weighted by atomic mass is 9.88. The number of methoxy groups -OCH3 is 1. The van der Waals surface area contributed by atoms with Crippen molar-refractivity contribution in [3.63, 3.8) is 0 Å². The number of nitrogens with zero attached hydrogens (tertiary/aromatic N) is 6. The summed E-state index contributed by atoms with van der Waals surface area (Å²) in [5.41, 5.74) is 3.93. The normalized spacial score (nSPS) is 15.3. The van der Waals surface area contributed by atoms with Gasteiger partial charge in [0.15, 0.2) is 5.82 Å². The quantitative estimate of drug-likeness (QED) is 0.429. The molecule has 0 radical (unpaired) electrons. The molecule has 1 atom stereocenters. The van der Waals surface area contributed by atoms with Crippen LogP contribution in [0.5, 0.6) is 5.75 Å². The van der Waals surface area contributed by atoms with Crippen LogP contribution < -0.4 is 4.74 Å². The van der Waals surface area contributed by atoms with Crippen LogP contribution in [0.3, 0.4) is 0 Å². The molecular formula is C26H23FN6O. The number of aryl methyl sites for hydroxylation is 2. The van der Waals surface area contributed by atoms with Gasteiger partial charge >= 0.3 is 0 Å². The van der Waals surface area contributed by atoms with E-state index >= 15 is 0 Å². The fourth-order valence-corrected chi connectivity index (χ4v) is 4.40. The van der Waals surface area contributed by atoms with Crippen LogP contribution in [-0.2, 0) is 6.54 Å². The van der Waals surface area contributed by atoms with Crippen molar-refractivity contribution in [3.05, 3.63) is 88.8 Å². The van der Waals surface area contributed by atoms with Gasteiger partial charge in [-0.15, -0.1) is 0 Å². The highest BCUT2D eigenvalue weighted by Crippen LogP contribution is 2.34. The van der Waals surface area contributed by atoms with E-state index in [2.05, 4.69) is 16.2 Å². The van der Waals surface area contributed by atoms with Crippen molar-refractivity contribution in [2.75, 3.05) is 7.11 Å². The highest BCUT2D eigenvalue weighted by atomic mass is 19.1. The molecule has 0 bridgehead atoms. The zero-order valence-electron chi connectivity index (χ0n) is 18.9. The van der Waals surface area contributed by atoms with E-state index in [4.69, 9.17) is 9.72 Å². The van der Waals surface area contributed by atoms with E-state index in [-0.39, 0.29) is 5.92 Å². The van der Waals surface area contributed by atoms with Gasteiger partial charge in [-0.05, 0) is 61.2 Å². The van der Waals surface area contributed by atoms with Crippen LogP contribution in [0.25, 0.3) is 17.8 Å². The molecule has 0 saturated heterocycles. The molecule has 34 heavy (non-hydrogen) atoms. The Balaban J connectivity index is 1.43. The van der Waals surface area contributed by atoms with Gasteiger partial charge in [0.25, 0.3) is 0 Å². The van der Waals surface area contributed by atoms with Crippen molar-refractivity contribution in [3.8, 4) is 17.5 Å². The second-order valence-corrected chi connectivity index (χ2v) is 8.28. The van der Waals surface area contributed by atoms with Crippen LogP contribution in [0.2, 0.25) is 0 Å². The van der Waals surface area contributed by atoms with Crippen LogP contribution in [0.4, 0.5) is 4.39 Å². The van der Waals surface area contributed by atoms with E-state index < -0.39 is 5.82 Å². The molecule has 1 aliphatic heterocycles. The van der Waals surface area contributed by atoms with Crippen LogP contribution in [0.1, 0.15) is 52.8 Å². The third kappa shape index (κ3) is 4.08. The number of hydrogen-bond acceptors (Lipinski definition) is 5. The van der Waals surface area contributed by atoms with E-state index in [1.165, 1.54) is 12.1 Å². The second-order valence-electron chi connectivity index (χ2n) is 8.28. The molecule has 0 amide bonds. The zero-order chi connectivity index (χ0) is 23.7. The lowest BCUT2D eigenvalue weighted by molar-refractivity contribution is 0.413. The molecule has 0 aliphatic carbocycles. The summed E-state index contributed by atoms with van der Waals surface area (Å²) in [6.07, 6.45) is 9.28. The molecule has 0 saturated carbocycles. The number of nitriles is 1. The average Bonchev–Trinajstić information content (AvgIpc) is 3.48. The summed E-state index contributed by atoms with van der Waals surface area (Å²) in [5.74, 6) is 1.63. The van der Waals surface area contributed by atoms with Gasteiger partial charge in [-0.3, -0.25) is 0 Å². The van der Waals surface area contributed by atoms with Crippen LogP contribution in [-0.4, -0.2) is 31.4 Å². The summed E-state index contributed by atoms with van der Waals surface area (Å²) in [6, 6.07) is 12.4. The van der Waals surface area contributed by atoms with Crippen molar-refractivity contribution in [2.24, 2.45) is 0 Å². The van der Waals surface area contributed by atoms with Gasteiger partial charge < -0.3 is 9.30 Å². The highest BCUT2D eigenvalue weighted by Gasteiger charge is 2.27. The monoisotopic (exact) mass is 454 g/mol. The number of hydrogen-bond donors (Lipinski definition) is 0. The number of fused-ring (bicyclic) bond motifs is 1. The van der Waals surface area contributed by atoms with Crippen molar-refractivity contribution in [2.45, 2.75) is 32.2 Å². The molecule has 0 spiro atoms. The van der Waals surface area contributed by atoms with Gasteiger partial charge in [0.2, 0.25) is 0 Å². The topological polar surface area (TPSA) is 81.5 Å². The standard InChI is InChI=1S/C26H23FN6O/c1-17-15-32(16-29-17)23-9-5-18(12-24(23)34-2)6-10-25-30-26-22(4-3-11-33(26)31-25)21-8-7-20(27)13-19(21)14-28/h5-10,12-13,15-16,22H,3-4,11H2,1-2H3/b10-6+. The van der Waals surface area contributed by atoms with Crippen LogP contribution >= 0.6 is 0 Å². The summed E-state index contributed by atoms with van der Waals surface area (Å²) in [6.45, 7) is 2.71. The lowest BCUT2D eigenvalue weighted by Crippen LogP contribution is -2.18. The molecule has 0 fully saturated rings. The Labute approximate surface area is 196 Å². The minimum atomic E-state index is -0.411. The van der Waals surface area contributed by atoms with E-state index in [1.54, 1.807) is 19.5 Å².